The van der Waals surface area contributed by atoms with Gasteiger partial charge in [0.1, 0.15) is 11.0 Å². The standard InChI is InChI=1S/C14H10N2O4S/c15-8-12-11(14(17)18)7-6-10(13(12)21(16,19)20)9-4-2-1-3-5-9/h1-7H,(H,17,18)(H2,16,19,20). The molecule has 21 heavy (non-hydrogen) atoms. The Labute approximate surface area is 121 Å². The summed E-state index contributed by atoms with van der Waals surface area (Å²) in [6.45, 7) is 0. The molecule has 0 radical (unpaired) electrons. The molecule has 0 saturated heterocycles. The Morgan fingerprint density at radius 2 is 1.76 bits per heavy atom. The van der Waals surface area contributed by atoms with Crippen LogP contribution in [0.1, 0.15) is 15.9 Å². The van der Waals surface area contributed by atoms with Gasteiger partial charge < -0.3 is 5.11 Å². The Kier molecular flexibility index (Phi) is 3.76. The van der Waals surface area contributed by atoms with Gasteiger partial charge in [-0.2, -0.15) is 5.26 Å². The average Bonchev–Trinajstić information content (AvgIpc) is 2.45. The fourth-order valence-corrected chi connectivity index (χ4v) is 2.94. The smallest absolute Gasteiger partial charge is 0.337 e. The molecule has 0 bridgehead atoms. The molecule has 0 heterocycles. The summed E-state index contributed by atoms with van der Waals surface area (Å²) >= 11 is 0. The van der Waals surface area contributed by atoms with Crippen molar-refractivity contribution in [2.75, 3.05) is 0 Å². The van der Waals surface area contributed by atoms with Crippen molar-refractivity contribution in [2.45, 2.75) is 4.90 Å². The summed E-state index contributed by atoms with van der Waals surface area (Å²) in [6.07, 6.45) is 0. The van der Waals surface area contributed by atoms with E-state index in [-0.39, 0.29) is 5.56 Å². The fourth-order valence-electron chi connectivity index (χ4n) is 2.01. The molecule has 0 amide bonds. The van der Waals surface area contributed by atoms with E-state index in [9.17, 15) is 13.2 Å². The molecule has 0 unspecified atom stereocenters. The van der Waals surface area contributed by atoms with E-state index in [4.69, 9.17) is 15.5 Å². The number of carbonyl (C=O) groups is 1. The van der Waals surface area contributed by atoms with E-state index >= 15 is 0 Å². The third-order valence-electron chi connectivity index (χ3n) is 2.87. The van der Waals surface area contributed by atoms with Gasteiger partial charge in [-0.25, -0.2) is 18.4 Å². The van der Waals surface area contributed by atoms with Crippen molar-refractivity contribution in [3.05, 3.63) is 53.6 Å². The summed E-state index contributed by atoms with van der Waals surface area (Å²) in [4.78, 5) is 10.6. The van der Waals surface area contributed by atoms with Crippen LogP contribution < -0.4 is 5.14 Å². The molecule has 0 aliphatic carbocycles. The lowest BCUT2D eigenvalue weighted by atomic mass is 9.99. The number of nitrogens with zero attached hydrogens (tertiary/aromatic N) is 1. The maximum absolute atomic E-state index is 11.8. The highest BCUT2D eigenvalue weighted by Gasteiger charge is 2.25. The van der Waals surface area contributed by atoms with Gasteiger partial charge in [0.05, 0.1) is 11.1 Å². The number of hydrogen-bond donors (Lipinski definition) is 2. The lowest BCUT2D eigenvalue weighted by Crippen LogP contribution is -2.17. The van der Waals surface area contributed by atoms with Crippen LogP contribution in [-0.4, -0.2) is 19.5 Å². The van der Waals surface area contributed by atoms with Gasteiger partial charge in [-0.05, 0) is 11.6 Å². The second-order valence-corrected chi connectivity index (χ2v) is 5.69. The topological polar surface area (TPSA) is 121 Å². The molecule has 2 aromatic carbocycles. The normalized spacial score (nSPS) is 10.9. The molecule has 0 atom stereocenters. The third kappa shape index (κ3) is 2.76. The first-order valence-electron chi connectivity index (χ1n) is 5.75. The minimum absolute atomic E-state index is 0.194. The number of aromatic carboxylic acids is 1. The average molecular weight is 302 g/mol. The van der Waals surface area contributed by atoms with Crippen LogP contribution >= 0.6 is 0 Å². The van der Waals surface area contributed by atoms with Crippen LogP contribution in [0, 0.1) is 11.3 Å². The minimum Gasteiger partial charge on any atom is -0.478 e. The van der Waals surface area contributed by atoms with E-state index in [2.05, 4.69) is 0 Å². The van der Waals surface area contributed by atoms with E-state index in [1.54, 1.807) is 36.4 Å². The Morgan fingerprint density at radius 1 is 1.14 bits per heavy atom. The molecule has 7 heteroatoms. The first kappa shape index (κ1) is 14.7. The van der Waals surface area contributed by atoms with Crippen molar-refractivity contribution in [2.24, 2.45) is 5.14 Å². The Hall–Kier alpha value is -2.69. The zero-order valence-corrected chi connectivity index (χ0v) is 11.5. The van der Waals surface area contributed by atoms with Crippen LogP contribution in [0.4, 0.5) is 0 Å². The number of rotatable bonds is 3. The van der Waals surface area contributed by atoms with Crippen molar-refractivity contribution in [1.29, 1.82) is 5.26 Å². The molecule has 0 aromatic heterocycles. The number of nitriles is 1. The molecule has 2 aromatic rings. The monoisotopic (exact) mass is 302 g/mol. The largest absolute Gasteiger partial charge is 0.478 e. The van der Waals surface area contributed by atoms with Crippen LogP contribution in [-0.2, 0) is 10.0 Å². The van der Waals surface area contributed by atoms with Gasteiger partial charge >= 0.3 is 5.97 Å². The van der Waals surface area contributed by atoms with Gasteiger partial charge in [-0.3, -0.25) is 0 Å². The van der Waals surface area contributed by atoms with Gasteiger partial charge in [-0.15, -0.1) is 0 Å². The highest BCUT2D eigenvalue weighted by atomic mass is 32.2. The lowest BCUT2D eigenvalue weighted by molar-refractivity contribution is 0.0696. The maximum atomic E-state index is 11.8. The molecule has 0 fully saturated rings. The molecular formula is C14H10N2O4S. The van der Waals surface area contributed by atoms with Gasteiger partial charge in [0.2, 0.25) is 10.0 Å². The van der Waals surface area contributed by atoms with Gasteiger partial charge in [-0.1, -0.05) is 36.4 Å². The molecule has 3 N–H and O–H groups in total. The van der Waals surface area contributed by atoms with E-state index in [1.165, 1.54) is 12.1 Å². The van der Waals surface area contributed by atoms with E-state index in [0.717, 1.165) is 0 Å². The van der Waals surface area contributed by atoms with Crippen LogP contribution in [0.25, 0.3) is 11.1 Å². The first-order chi connectivity index (χ1) is 9.86. The molecule has 0 saturated carbocycles. The molecular weight excluding hydrogens is 292 g/mol. The van der Waals surface area contributed by atoms with Gasteiger partial charge in [0.15, 0.2) is 0 Å². The SMILES string of the molecule is N#Cc1c(C(=O)O)ccc(-c2ccccc2)c1S(N)(=O)=O. The summed E-state index contributed by atoms with van der Waals surface area (Å²) in [5.74, 6) is -1.39. The summed E-state index contributed by atoms with van der Waals surface area (Å²) < 4.78 is 23.6. The van der Waals surface area contributed by atoms with E-state index in [1.807, 2.05) is 0 Å². The predicted molar refractivity (Wildman–Crippen MR) is 74.9 cm³/mol. The molecule has 6 nitrogen and oxygen atoms in total. The first-order valence-corrected chi connectivity index (χ1v) is 7.29. The van der Waals surface area contributed by atoms with Gasteiger partial charge in [0, 0.05) is 5.56 Å². The maximum Gasteiger partial charge on any atom is 0.337 e. The van der Waals surface area contributed by atoms with Crippen molar-refractivity contribution in [1.82, 2.24) is 0 Å². The predicted octanol–water partition coefficient (Wildman–Crippen LogP) is 1.57. The Morgan fingerprint density at radius 3 is 2.24 bits per heavy atom. The number of sulfonamides is 1. The molecule has 106 valence electrons. The van der Waals surface area contributed by atoms with Crippen LogP contribution in [0.15, 0.2) is 47.4 Å². The highest BCUT2D eigenvalue weighted by Crippen LogP contribution is 2.31. The number of carboxylic acid groups (broad SMARTS) is 1. The van der Waals surface area contributed by atoms with Crippen LogP contribution in [0.5, 0.6) is 0 Å². The lowest BCUT2D eigenvalue weighted by Gasteiger charge is -2.11. The van der Waals surface area contributed by atoms with Crippen molar-refractivity contribution >= 4 is 16.0 Å². The quantitative estimate of drug-likeness (QED) is 0.891. The number of primary sulfonamides is 1. The number of hydrogen-bond acceptors (Lipinski definition) is 4. The summed E-state index contributed by atoms with van der Waals surface area (Å²) in [5.41, 5.74) is -0.151. The number of carboxylic acids is 1. The van der Waals surface area contributed by atoms with Crippen molar-refractivity contribution < 1.29 is 18.3 Å². The van der Waals surface area contributed by atoms with Crippen LogP contribution in [0.3, 0.4) is 0 Å². The van der Waals surface area contributed by atoms with E-state index < -0.39 is 32.0 Å². The zero-order chi connectivity index (χ0) is 15.6. The molecule has 0 spiro atoms. The highest BCUT2D eigenvalue weighted by molar-refractivity contribution is 7.89. The van der Waals surface area contributed by atoms with E-state index in [0.29, 0.717) is 5.56 Å². The Bertz CT molecular complexity index is 853. The second kappa shape index (κ2) is 5.36. The third-order valence-corrected chi connectivity index (χ3v) is 3.86. The van der Waals surface area contributed by atoms with Gasteiger partial charge in [0.25, 0.3) is 0 Å². The fraction of sp³-hybridized carbons (Fsp3) is 0. The number of nitrogens with two attached hydrogens (primary N) is 1. The second-order valence-electron chi connectivity index (χ2n) is 4.19. The zero-order valence-electron chi connectivity index (χ0n) is 10.6. The summed E-state index contributed by atoms with van der Waals surface area (Å²) in [5, 5.41) is 23.4. The van der Waals surface area contributed by atoms with Crippen molar-refractivity contribution in [3.8, 4) is 17.2 Å². The molecule has 0 aliphatic heterocycles. The molecule has 0 aliphatic rings. The van der Waals surface area contributed by atoms with Crippen LogP contribution in [0.2, 0.25) is 0 Å². The molecule has 2 rings (SSSR count). The summed E-state index contributed by atoms with van der Waals surface area (Å²) in [7, 11) is -4.27. The number of benzene rings is 2. The van der Waals surface area contributed by atoms with Crippen molar-refractivity contribution in [3.63, 3.8) is 0 Å². The minimum atomic E-state index is -4.27. The summed E-state index contributed by atoms with van der Waals surface area (Å²) in [6, 6.07) is 12.6. The Balaban J connectivity index is 2.93.